The number of rotatable bonds is 9. The molecule has 0 heterocycles. The van der Waals surface area contributed by atoms with Crippen molar-refractivity contribution in [2.24, 2.45) is 0 Å². The van der Waals surface area contributed by atoms with Gasteiger partial charge >= 0.3 is 5.97 Å². The summed E-state index contributed by atoms with van der Waals surface area (Å²) in [7, 11) is 1.58. The van der Waals surface area contributed by atoms with Crippen LogP contribution in [0.4, 0.5) is 0 Å². The highest BCUT2D eigenvalue weighted by molar-refractivity contribution is 5.71. The lowest BCUT2D eigenvalue weighted by Gasteiger charge is -2.25. The zero-order valence-electron chi connectivity index (χ0n) is 14.1. The maximum atomic E-state index is 12.0. The average Bonchev–Trinajstić information content (AvgIpc) is 2.47. The van der Waals surface area contributed by atoms with E-state index in [9.17, 15) is 9.90 Å². The molecule has 4 heteroatoms. The van der Waals surface area contributed by atoms with E-state index in [1.54, 1.807) is 25.3 Å². The number of benzene rings is 1. The van der Waals surface area contributed by atoms with Crippen molar-refractivity contribution in [2.75, 3.05) is 13.7 Å². The van der Waals surface area contributed by atoms with Crippen LogP contribution in [0.2, 0.25) is 0 Å². The van der Waals surface area contributed by atoms with Crippen LogP contribution in [-0.4, -0.2) is 24.8 Å². The summed E-state index contributed by atoms with van der Waals surface area (Å²) in [5.74, 6) is 0.596. The summed E-state index contributed by atoms with van der Waals surface area (Å²) in [5.41, 5.74) is 0.175. The Morgan fingerprint density at radius 3 is 2.59 bits per heavy atom. The number of phenolic OH excluding ortho intramolecular Hbond substituents is 1. The van der Waals surface area contributed by atoms with Crippen LogP contribution in [0.1, 0.15) is 58.4 Å². The van der Waals surface area contributed by atoms with Crippen molar-refractivity contribution >= 4 is 5.97 Å². The number of esters is 1. The lowest BCUT2D eigenvalue weighted by molar-refractivity contribution is -0.145. The largest absolute Gasteiger partial charge is 0.508 e. The van der Waals surface area contributed by atoms with E-state index in [0.717, 1.165) is 19.3 Å². The van der Waals surface area contributed by atoms with Gasteiger partial charge in [0.05, 0.1) is 20.1 Å². The number of aromatic hydroxyl groups is 1. The van der Waals surface area contributed by atoms with E-state index in [-0.39, 0.29) is 18.1 Å². The Morgan fingerprint density at radius 1 is 1.23 bits per heavy atom. The number of phenols is 1. The number of hydrogen-bond acceptors (Lipinski definition) is 4. The van der Waals surface area contributed by atoms with Crippen molar-refractivity contribution in [2.45, 2.75) is 58.3 Å². The van der Waals surface area contributed by atoms with E-state index in [1.165, 1.54) is 6.42 Å². The van der Waals surface area contributed by atoms with Gasteiger partial charge in [-0.3, -0.25) is 4.79 Å². The molecule has 1 N–H and O–H groups in total. The number of ether oxygens (including phenoxy) is 2. The first-order valence-electron chi connectivity index (χ1n) is 7.94. The molecule has 0 aliphatic heterocycles. The molecule has 0 aromatic heterocycles. The van der Waals surface area contributed by atoms with Crippen molar-refractivity contribution in [3.63, 3.8) is 0 Å². The summed E-state index contributed by atoms with van der Waals surface area (Å²) < 4.78 is 10.5. The molecule has 0 radical (unpaired) electrons. The summed E-state index contributed by atoms with van der Waals surface area (Å²) in [5, 5.41) is 10.0. The number of hydrogen-bond donors (Lipinski definition) is 1. The van der Waals surface area contributed by atoms with E-state index in [2.05, 4.69) is 6.92 Å². The van der Waals surface area contributed by atoms with E-state index in [1.807, 2.05) is 13.8 Å². The zero-order chi connectivity index (χ0) is 16.6. The molecule has 1 aromatic carbocycles. The van der Waals surface area contributed by atoms with Gasteiger partial charge in [-0.05, 0) is 24.6 Å². The van der Waals surface area contributed by atoms with Gasteiger partial charge in [-0.25, -0.2) is 0 Å². The number of carbonyl (C=O) groups is 1. The summed E-state index contributed by atoms with van der Waals surface area (Å²) in [6, 6.07) is 5.05. The van der Waals surface area contributed by atoms with Gasteiger partial charge in [0.25, 0.3) is 0 Å². The first-order chi connectivity index (χ1) is 10.4. The van der Waals surface area contributed by atoms with Gasteiger partial charge in [-0.15, -0.1) is 0 Å². The Balaban J connectivity index is 2.60. The zero-order valence-corrected chi connectivity index (χ0v) is 14.1. The molecule has 22 heavy (non-hydrogen) atoms. The molecule has 0 fully saturated rings. The van der Waals surface area contributed by atoms with Gasteiger partial charge in [-0.2, -0.15) is 0 Å². The normalized spacial score (nSPS) is 11.3. The fourth-order valence-corrected chi connectivity index (χ4v) is 2.41. The van der Waals surface area contributed by atoms with E-state index in [0.29, 0.717) is 17.9 Å². The summed E-state index contributed by atoms with van der Waals surface area (Å²) in [6.07, 6.45) is 4.55. The molecular formula is C18H28O4. The topological polar surface area (TPSA) is 55.8 Å². The fourth-order valence-electron chi connectivity index (χ4n) is 2.41. The van der Waals surface area contributed by atoms with Gasteiger partial charge in [0, 0.05) is 11.0 Å². The SMILES string of the molecule is CCCCCCOC(=O)CC(C)(C)c1cc(OC)ccc1O. The van der Waals surface area contributed by atoms with Crippen LogP contribution in [0.25, 0.3) is 0 Å². The fraction of sp³-hybridized carbons (Fsp3) is 0.611. The van der Waals surface area contributed by atoms with E-state index in [4.69, 9.17) is 9.47 Å². The molecule has 0 aliphatic rings. The monoisotopic (exact) mass is 308 g/mol. The lowest BCUT2D eigenvalue weighted by Crippen LogP contribution is -2.23. The quantitative estimate of drug-likeness (QED) is 0.549. The Morgan fingerprint density at radius 2 is 1.95 bits per heavy atom. The third-order valence-electron chi connectivity index (χ3n) is 3.78. The molecule has 0 aliphatic carbocycles. The highest BCUT2D eigenvalue weighted by Gasteiger charge is 2.28. The van der Waals surface area contributed by atoms with Crippen LogP contribution >= 0.6 is 0 Å². The van der Waals surface area contributed by atoms with Crippen molar-refractivity contribution in [3.05, 3.63) is 23.8 Å². The predicted octanol–water partition coefficient (Wildman–Crippen LogP) is 4.19. The molecule has 0 saturated heterocycles. The molecule has 124 valence electrons. The minimum absolute atomic E-state index is 0.168. The van der Waals surface area contributed by atoms with Crippen LogP contribution in [0.15, 0.2) is 18.2 Å². The van der Waals surface area contributed by atoms with Crippen molar-refractivity contribution in [1.29, 1.82) is 0 Å². The van der Waals surface area contributed by atoms with Gasteiger partial charge in [-0.1, -0.05) is 40.0 Å². The Bertz CT molecular complexity index is 480. The average molecular weight is 308 g/mol. The van der Waals surface area contributed by atoms with E-state index >= 15 is 0 Å². The third-order valence-corrected chi connectivity index (χ3v) is 3.78. The second-order valence-corrected chi connectivity index (χ2v) is 6.22. The molecule has 0 unspecified atom stereocenters. The Kier molecular flexibility index (Phi) is 7.22. The highest BCUT2D eigenvalue weighted by atomic mass is 16.5. The minimum atomic E-state index is -0.515. The van der Waals surface area contributed by atoms with Crippen molar-refractivity contribution in [3.8, 4) is 11.5 Å². The number of carbonyl (C=O) groups excluding carboxylic acids is 1. The molecule has 0 spiro atoms. The molecule has 0 bridgehead atoms. The maximum absolute atomic E-state index is 12.0. The van der Waals surface area contributed by atoms with E-state index < -0.39 is 5.41 Å². The highest BCUT2D eigenvalue weighted by Crippen LogP contribution is 2.36. The standard InChI is InChI=1S/C18H28O4/c1-5-6-7-8-11-22-17(20)13-18(2,3)15-12-14(21-4)9-10-16(15)19/h9-10,12,19H,5-8,11,13H2,1-4H3. The maximum Gasteiger partial charge on any atom is 0.306 e. The molecule has 1 rings (SSSR count). The van der Waals surface area contributed by atoms with Crippen LogP contribution < -0.4 is 4.74 Å². The third kappa shape index (κ3) is 5.58. The summed E-state index contributed by atoms with van der Waals surface area (Å²) in [6.45, 7) is 6.45. The van der Waals surface area contributed by atoms with Gasteiger partial charge in [0.15, 0.2) is 0 Å². The Labute approximate surface area is 133 Å². The molecule has 0 atom stereocenters. The van der Waals surface area contributed by atoms with Gasteiger partial charge in [0.2, 0.25) is 0 Å². The van der Waals surface area contributed by atoms with Crippen molar-refractivity contribution in [1.82, 2.24) is 0 Å². The molecule has 1 aromatic rings. The first kappa shape index (κ1) is 18.3. The summed E-state index contributed by atoms with van der Waals surface area (Å²) in [4.78, 5) is 12.0. The first-order valence-corrected chi connectivity index (χ1v) is 7.94. The van der Waals surface area contributed by atoms with Gasteiger partial charge in [0.1, 0.15) is 11.5 Å². The van der Waals surface area contributed by atoms with Crippen LogP contribution in [-0.2, 0) is 14.9 Å². The van der Waals surface area contributed by atoms with Gasteiger partial charge < -0.3 is 14.6 Å². The second kappa shape index (κ2) is 8.66. The number of unbranched alkanes of at least 4 members (excludes halogenated alkanes) is 3. The van der Waals surface area contributed by atoms with Crippen LogP contribution in [0, 0.1) is 0 Å². The second-order valence-electron chi connectivity index (χ2n) is 6.22. The van der Waals surface area contributed by atoms with Crippen LogP contribution in [0.3, 0.4) is 0 Å². The number of methoxy groups -OCH3 is 1. The minimum Gasteiger partial charge on any atom is -0.508 e. The van der Waals surface area contributed by atoms with Crippen molar-refractivity contribution < 1.29 is 19.4 Å². The molecular weight excluding hydrogens is 280 g/mol. The van der Waals surface area contributed by atoms with Crippen LogP contribution in [0.5, 0.6) is 11.5 Å². The molecule has 0 amide bonds. The Hall–Kier alpha value is -1.71. The molecule has 0 saturated carbocycles. The predicted molar refractivity (Wildman–Crippen MR) is 87.4 cm³/mol. The lowest BCUT2D eigenvalue weighted by atomic mass is 9.81. The summed E-state index contributed by atoms with van der Waals surface area (Å²) >= 11 is 0. The smallest absolute Gasteiger partial charge is 0.306 e. The molecule has 4 nitrogen and oxygen atoms in total.